The molecule has 1 unspecified atom stereocenters. The maximum Gasteiger partial charge on any atom is 0.416 e. The van der Waals surface area contributed by atoms with Crippen molar-refractivity contribution >= 4 is 17.7 Å². The molecule has 1 fully saturated rings. The highest BCUT2D eigenvalue weighted by molar-refractivity contribution is 6.05. The number of aliphatic hydroxyl groups excluding tert-OH is 1. The highest BCUT2D eigenvalue weighted by atomic mass is 16.6. The number of anilines is 1. The van der Waals surface area contributed by atoms with Crippen LogP contribution in [0.15, 0.2) is 24.8 Å². The summed E-state index contributed by atoms with van der Waals surface area (Å²) in [4.78, 5) is 28.6. The van der Waals surface area contributed by atoms with Crippen molar-refractivity contribution in [3.63, 3.8) is 0 Å². The predicted molar refractivity (Wildman–Crippen MR) is 94.6 cm³/mol. The van der Waals surface area contributed by atoms with Gasteiger partial charge in [0.2, 0.25) is 0 Å². The summed E-state index contributed by atoms with van der Waals surface area (Å²) in [5.41, 5.74) is 2.75. The monoisotopic (exact) mass is 344 g/mol. The molecular formula is C19H24N2O4. The second-order valence-electron chi connectivity index (χ2n) is 6.66. The summed E-state index contributed by atoms with van der Waals surface area (Å²) in [6.07, 6.45) is 2.14. The Labute approximate surface area is 147 Å². The number of amides is 2. The van der Waals surface area contributed by atoms with Crippen LogP contribution in [0.25, 0.3) is 0 Å². The van der Waals surface area contributed by atoms with Crippen molar-refractivity contribution in [2.75, 3.05) is 18.1 Å². The molecule has 6 nitrogen and oxygen atoms in total. The van der Waals surface area contributed by atoms with E-state index in [2.05, 4.69) is 6.58 Å². The number of fused-ring (bicyclic) bond motifs is 2. The van der Waals surface area contributed by atoms with Crippen molar-refractivity contribution < 1.29 is 19.4 Å². The molecule has 3 rings (SSSR count). The van der Waals surface area contributed by atoms with Crippen LogP contribution in [0.4, 0.5) is 10.5 Å². The Balaban J connectivity index is 2.14. The van der Waals surface area contributed by atoms with E-state index in [1.165, 1.54) is 11.0 Å². The van der Waals surface area contributed by atoms with Crippen molar-refractivity contribution in [1.82, 2.24) is 4.90 Å². The van der Waals surface area contributed by atoms with Crippen molar-refractivity contribution in [2.24, 2.45) is 0 Å². The molecule has 2 amide bonds. The van der Waals surface area contributed by atoms with E-state index in [1.807, 2.05) is 13.8 Å². The number of aliphatic hydroxyl groups is 1. The van der Waals surface area contributed by atoms with Gasteiger partial charge >= 0.3 is 6.09 Å². The summed E-state index contributed by atoms with van der Waals surface area (Å²) < 4.78 is 5.18. The van der Waals surface area contributed by atoms with Crippen molar-refractivity contribution in [3.8, 4) is 0 Å². The minimum Gasteiger partial charge on any atom is -0.445 e. The molecule has 2 aliphatic heterocycles. The molecule has 0 bridgehead atoms. The van der Waals surface area contributed by atoms with Crippen LogP contribution in [0.2, 0.25) is 0 Å². The van der Waals surface area contributed by atoms with Gasteiger partial charge in [-0.3, -0.25) is 4.79 Å². The Morgan fingerprint density at radius 2 is 2.08 bits per heavy atom. The lowest BCUT2D eigenvalue weighted by molar-refractivity contribution is 0.0234. The smallest absolute Gasteiger partial charge is 0.416 e. The van der Waals surface area contributed by atoms with Gasteiger partial charge in [-0.2, -0.15) is 0 Å². The summed E-state index contributed by atoms with van der Waals surface area (Å²) in [6, 6.07) is 3.15. The van der Waals surface area contributed by atoms with Gasteiger partial charge in [0.25, 0.3) is 5.91 Å². The van der Waals surface area contributed by atoms with Crippen LogP contribution in [0, 0.1) is 13.8 Å². The fourth-order valence-electron chi connectivity index (χ4n) is 3.57. The van der Waals surface area contributed by atoms with Gasteiger partial charge < -0.3 is 14.7 Å². The van der Waals surface area contributed by atoms with Crippen LogP contribution in [-0.4, -0.2) is 47.4 Å². The first-order valence-electron chi connectivity index (χ1n) is 8.63. The Morgan fingerprint density at radius 3 is 2.80 bits per heavy atom. The third kappa shape index (κ3) is 3.02. The van der Waals surface area contributed by atoms with Gasteiger partial charge in [-0.25, -0.2) is 9.69 Å². The number of ether oxygens (including phenoxy) is 1. The minimum absolute atomic E-state index is 0.0462. The number of nitrogens with zero attached hydrogens (tertiary/aromatic N) is 2. The van der Waals surface area contributed by atoms with E-state index in [0.29, 0.717) is 24.2 Å². The van der Waals surface area contributed by atoms with E-state index in [0.717, 1.165) is 24.0 Å². The quantitative estimate of drug-likeness (QED) is 0.838. The van der Waals surface area contributed by atoms with Crippen molar-refractivity contribution in [1.29, 1.82) is 0 Å². The number of carbonyl (C=O) groups excluding carboxylic acids is 2. The molecule has 1 saturated heterocycles. The van der Waals surface area contributed by atoms with Gasteiger partial charge in [0.05, 0.1) is 17.3 Å². The van der Waals surface area contributed by atoms with E-state index in [4.69, 9.17) is 4.74 Å². The average molecular weight is 344 g/mol. The van der Waals surface area contributed by atoms with Crippen molar-refractivity contribution in [3.05, 3.63) is 41.5 Å². The highest BCUT2D eigenvalue weighted by Crippen LogP contribution is 2.35. The standard InChI is InChI=1S/C19H24N2O4/c1-4-9-25-19(24)21-16-11-13(3)12(2)10-14(16)17(22)20-8-6-5-7-15(20)18(21)23/h4,10-11,15,18,23H,1,5-9H2,2-3H3/t15-,18?/m0/s1. The van der Waals surface area contributed by atoms with Crippen molar-refractivity contribution in [2.45, 2.75) is 45.4 Å². The van der Waals surface area contributed by atoms with Gasteiger partial charge in [0.15, 0.2) is 6.23 Å². The summed E-state index contributed by atoms with van der Waals surface area (Å²) in [5.74, 6) is -0.138. The third-order valence-electron chi connectivity index (χ3n) is 5.04. The maximum atomic E-state index is 13.1. The van der Waals surface area contributed by atoms with Crippen LogP contribution in [0.1, 0.15) is 40.7 Å². The first kappa shape index (κ1) is 17.5. The molecule has 0 saturated carbocycles. The maximum absolute atomic E-state index is 13.1. The predicted octanol–water partition coefficient (Wildman–Crippen LogP) is 2.76. The molecule has 1 N–H and O–H groups in total. The molecule has 0 aliphatic carbocycles. The Bertz CT molecular complexity index is 716. The lowest BCUT2D eigenvalue weighted by Crippen LogP contribution is -2.55. The summed E-state index contributed by atoms with van der Waals surface area (Å²) >= 11 is 0. The molecule has 0 aromatic heterocycles. The number of benzene rings is 1. The number of piperidine rings is 1. The zero-order valence-electron chi connectivity index (χ0n) is 14.7. The summed E-state index contributed by atoms with van der Waals surface area (Å²) in [6.45, 7) is 8.02. The normalized spacial score (nSPS) is 22.8. The second kappa shape index (κ2) is 6.88. The summed E-state index contributed by atoms with van der Waals surface area (Å²) in [7, 11) is 0. The highest BCUT2D eigenvalue weighted by Gasteiger charge is 2.43. The lowest BCUT2D eigenvalue weighted by Gasteiger charge is -2.38. The van der Waals surface area contributed by atoms with E-state index in [1.54, 1.807) is 17.0 Å². The van der Waals surface area contributed by atoms with E-state index in [9.17, 15) is 14.7 Å². The van der Waals surface area contributed by atoms with Crippen LogP contribution < -0.4 is 4.90 Å². The van der Waals surface area contributed by atoms with Gasteiger partial charge in [-0.05, 0) is 56.4 Å². The topological polar surface area (TPSA) is 70.1 Å². The largest absolute Gasteiger partial charge is 0.445 e. The second-order valence-corrected chi connectivity index (χ2v) is 6.66. The number of hydrogen-bond donors (Lipinski definition) is 1. The van der Waals surface area contributed by atoms with Crippen LogP contribution in [0.3, 0.4) is 0 Å². The molecule has 0 radical (unpaired) electrons. The fourth-order valence-corrected chi connectivity index (χ4v) is 3.57. The molecule has 0 spiro atoms. The third-order valence-corrected chi connectivity index (χ3v) is 5.04. The first-order valence-corrected chi connectivity index (χ1v) is 8.63. The molecule has 6 heteroatoms. The molecule has 2 atom stereocenters. The first-order chi connectivity index (χ1) is 12.0. The molecule has 1 aromatic carbocycles. The molecule has 134 valence electrons. The molecule has 25 heavy (non-hydrogen) atoms. The van der Waals surface area contributed by atoms with E-state index in [-0.39, 0.29) is 12.5 Å². The van der Waals surface area contributed by atoms with Gasteiger partial charge in [0, 0.05) is 6.54 Å². The van der Waals surface area contributed by atoms with Crippen LogP contribution in [0.5, 0.6) is 0 Å². The summed E-state index contributed by atoms with van der Waals surface area (Å²) in [5, 5.41) is 10.9. The Morgan fingerprint density at radius 1 is 1.36 bits per heavy atom. The Kier molecular flexibility index (Phi) is 4.81. The van der Waals surface area contributed by atoms with Gasteiger partial charge in [-0.15, -0.1) is 0 Å². The van der Waals surface area contributed by atoms with Gasteiger partial charge in [-0.1, -0.05) is 12.7 Å². The van der Waals surface area contributed by atoms with E-state index >= 15 is 0 Å². The number of hydrogen-bond acceptors (Lipinski definition) is 4. The SMILES string of the molecule is C=CCOC(=O)N1c2cc(C)c(C)cc2C(=O)N2CCCC[C@H]2C1O. The number of carbonyl (C=O) groups is 2. The lowest BCUT2D eigenvalue weighted by atomic mass is 10.00. The van der Waals surface area contributed by atoms with Crippen LogP contribution >= 0.6 is 0 Å². The van der Waals surface area contributed by atoms with Crippen LogP contribution in [-0.2, 0) is 4.74 Å². The minimum atomic E-state index is -1.13. The Hall–Kier alpha value is -2.34. The fraction of sp³-hybridized carbons (Fsp3) is 0.474. The zero-order chi connectivity index (χ0) is 18.1. The molecule has 1 aromatic rings. The van der Waals surface area contributed by atoms with Gasteiger partial charge in [0.1, 0.15) is 6.61 Å². The number of rotatable bonds is 2. The number of aryl methyl sites for hydroxylation is 2. The molecule has 2 aliphatic rings. The zero-order valence-corrected chi connectivity index (χ0v) is 14.7. The van der Waals surface area contributed by atoms with E-state index < -0.39 is 18.4 Å². The molecule has 2 heterocycles. The molecular weight excluding hydrogens is 320 g/mol. The average Bonchev–Trinajstić information content (AvgIpc) is 2.69.